The van der Waals surface area contributed by atoms with E-state index in [1.165, 1.54) is 0 Å². The Morgan fingerprint density at radius 2 is 2.00 bits per heavy atom. The molecule has 1 aliphatic carbocycles. The average Bonchev–Trinajstić information content (AvgIpc) is 2.80. The maximum atomic E-state index is 13.5. The standard InChI is InChI=1S/C9H8BrF2NO/c10-7-5(14)3-4(11)6(8(7)12)9(13)1-2-9/h3,14H,1-2,13H2. The molecular weight excluding hydrogens is 256 g/mol. The van der Waals surface area contributed by atoms with Gasteiger partial charge in [-0.2, -0.15) is 0 Å². The van der Waals surface area contributed by atoms with E-state index >= 15 is 0 Å². The molecule has 0 aromatic heterocycles. The van der Waals surface area contributed by atoms with E-state index in [9.17, 15) is 8.78 Å². The summed E-state index contributed by atoms with van der Waals surface area (Å²) in [5, 5.41) is 9.12. The largest absolute Gasteiger partial charge is 0.507 e. The first-order valence-corrected chi connectivity index (χ1v) is 4.91. The van der Waals surface area contributed by atoms with Gasteiger partial charge in [-0.15, -0.1) is 0 Å². The predicted octanol–water partition coefficient (Wildman–Crippen LogP) is 2.38. The van der Waals surface area contributed by atoms with E-state index in [0.717, 1.165) is 6.07 Å². The Morgan fingerprint density at radius 3 is 2.50 bits per heavy atom. The number of hydrogen-bond donors (Lipinski definition) is 2. The van der Waals surface area contributed by atoms with Gasteiger partial charge in [0.05, 0.1) is 4.47 Å². The topological polar surface area (TPSA) is 46.2 Å². The summed E-state index contributed by atoms with van der Waals surface area (Å²) in [6.45, 7) is 0. The molecule has 0 unspecified atom stereocenters. The number of aromatic hydroxyl groups is 1. The highest BCUT2D eigenvalue weighted by atomic mass is 79.9. The molecule has 0 atom stereocenters. The second kappa shape index (κ2) is 2.90. The highest BCUT2D eigenvalue weighted by Crippen LogP contribution is 2.47. The first-order valence-electron chi connectivity index (χ1n) is 4.11. The predicted molar refractivity (Wildman–Crippen MR) is 50.8 cm³/mol. The molecule has 1 aliphatic rings. The van der Waals surface area contributed by atoms with E-state index in [0.29, 0.717) is 12.8 Å². The van der Waals surface area contributed by atoms with Crippen molar-refractivity contribution in [1.82, 2.24) is 0 Å². The fourth-order valence-corrected chi connectivity index (χ4v) is 1.74. The summed E-state index contributed by atoms with van der Waals surface area (Å²) in [4.78, 5) is 0. The van der Waals surface area contributed by atoms with Crippen LogP contribution in [0, 0.1) is 11.6 Å². The fourth-order valence-electron chi connectivity index (χ4n) is 1.42. The number of benzene rings is 1. The number of rotatable bonds is 1. The molecule has 1 saturated carbocycles. The molecule has 0 saturated heterocycles. The van der Waals surface area contributed by atoms with Crippen molar-refractivity contribution in [2.75, 3.05) is 0 Å². The van der Waals surface area contributed by atoms with Crippen LogP contribution < -0.4 is 5.73 Å². The molecule has 0 bridgehead atoms. The number of hydrogen-bond acceptors (Lipinski definition) is 2. The highest BCUT2D eigenvalue weighted by molar-refractivity contribution is 9.10. The van der Waals surface area contributed by atoms with Crippen LogP contribution in [-0.2, 0) is 5.54 Å². The first kappa shape index (κ1) is 9.86. The molecular formula is C9H8BrF2NO. The molecule has 0 radical (unpaired) electrons. The Bertz CT molecular complexity index is 404. The third kappa shape index (κ3) is 1.31. The van der Waals surface area contributed by atoms with E-state index in [4.69, 9.17) is 10.8 Å². The Kier molecular flexibility index (Phi) is 2.04. The van der Waals surface area contributed by atoms with Gasteiger partial charge in [0.25, 0.3) is 0 Å². The van der Waals surface area contributed by atoms with Crippen LogP contribution in [0.25, 0.3) is 0 Å². The number of phenolic OH excluding ortho intramolecular Hbond substituents is 1. The lowest BCUT2D eigenvalue weighted by molar-refractivity contribution is 0.445. The third-order valence-electron chi connectivity index (χ3n) is 2.43. The fraction of sp³-hybridized carbons (Fsp3) is 0.333. The Hall–Kier alpha value is -0.680. The molecule has 2 nitrogen and oxygen atoms in total. The lowest BCUT2D eigenvalue weighted by atomic mass is 10.0. The Labute approximate surface area is 87.9 Å². The van der Waals surface area contributed by atoms with Crippen molar-refractivity contribution in [3.63, 3.8) is 0 Å². The van der Waals surface area contributed by atoms with E-state index in [-0.39, 0.29) is 10.0 Å². The summed E-state index contributed by atoms with van der Waals surface area (Å²) in [5.74, 6) is -2.04. The van der Waals surface area contributed by atoms with Crippen LogP contribution in [0.2, 0.25) is 0 Å². The van der Waals surface area contributed by atoms with Crippen molar-refractivity contribution < 1.29 is 13.9 Å². The summed E-state index contributed by atoms with van der Waals surface area (Å²) >= 11 is 2.84. The number of nitrogens with two attached hydrogens (primary N) is 1. The molecule has 5 heteroatoms. The van der Waals surface area contributed by atoms with Gasteiger partial charge in [-0.05, 0) is 28.8 Å². The van der Waals surface area contributed by atoms with Crippen molar-refractivity contribution in [2.24, 2.45) is 5.73 Å². The van der Waals surface area contributed by atoms with E-state index in [2.05, 4.69) is 15.9 Å². The van der Waals surface area contributed by atoms with Gasteiger partial charge in [0.1, 0.15) is 17.4 Å². The second-order valence-corrected chi connectivity index (χ2v) is 4.33. The zero-order chi connectivity index (χ0) is 10.5. The van der Waals surface area contributed by atoms with Gasteiger partial charge in [0, 0.05) is 17.2 Å². The van der Waals surface area contributed by atoms with Crippen molar-refractivity contribution >= 4 is 15.9 Å². The summed E-state index contributed by atoms with van der Waals surface area (Å²) in [5.41, 5.74) is 4.68. The summed E-state index contributed by atoms with van der Waals surface area (Å²) in [6.07, 6.45) is 1.14. The van der Waals surface area contributed by atoms with Crippen molar-refractivity contribution in [3.8, 4) is 5.75 Å². The van der Waals surface area contributed by atoms with Gasteiger partial charge in [-0.25, -0.2) is 8.78 Å². The molecule has 1 aromatic carbocycles. The quantitative estimate of drug-likeness (QED) is 0.765. The van der Waals surface area contributed by atoms with Crippen LogP contribution in [0.4, 0.5) is 8.78 Å². The van der Waals surface area contributed by atoms with Gasteiger partial charge in [0.2, 0.25) is 0 Å². The lowest BCUT2D eigenvalue weighted by Crippen LogP contribution is -2.22. The minimum absolute atomic E-state index is 0.134. The minimum Gasteiger partial charge on any atom is -0.507 e. The lowest BCUT2D eigenvalue weighted by Gasteiger charge is -2.13. The Morgan fingerprint density at radius 1 is 1.43 bits per heavy atom. The maximum absolute atomic E-state index is 13.5. The number of phenols is 1. The second-order valence-electron chi connectivity index (χ2n) is 3.54. The van der Waals surface area contributed by atoms with Crippen molar-refractivity contribution in [2.45, 2.75) is 18.4 Å². The molecule has 1 fully saturated rings. The summed E-state index contributed by atoms with van der Waals surface area (Å²) in [6, 6.07) is 0.870. The molecule has 0 aliphatic heterocycles. The van der Waals surface area contributed by atoms with Crippen LogP contribution >= 0.6 is 15.9 Å². The molecule has 0 spiro atoms. The molecule has 1 aromatic rings. The first-order chi connectivity index (χ1) is 6.46. The van der Waals surface area contributed by atoms with Gasteiger partial charge < -0.3 is 10.8 Å². The monoisotopic (exact) mass is 263 g/mol. The molecule has 0 amide bonds. The van der Waals surface area contributed by atoms with Gasteiger partial charge in [-0.1, -0.05) is 0 Å². The van der Waals surface area contributed by atoms with E-state index < -0.39 is 22.9 Å². The Balaban J connectivity index is 2.65. The van der Waals surface area contributed by atoms with Crippen LogP contribution in [0.1, 0.15) is 18.4 Å². The van der Waals surface area contributed by atoms with Crippen molar-refractivity contribution in [3.05, 3.63) is 27.7 Å². The van der Waals surface area contributed by atoms with Crippen LogP contribution in [-0.4, -0.2) is 5.11 Å². The van der Waals surface area contributed by atoms with E-state index in [1.807, 2.05) is 0 Å². The zero-order valence-electron chi connectivity index (χ0n) is 7.15. The maximum Gasteiger partial charge on any atom is 0.149 e. The van der Waals surface area contributed by atoms with Crippen LogP contribution in [0.3, 0.4) is 0 Å². The molecule has 3 N–H and O–H groups in total. The minimum atomic E-state index is -0.885. The molecule has 14 heavy (non-hydrogen) atoms. The summed E-state index contributed by atoms with van der Waals surface area (Å²) < 4.78 is 26.7. The van der Waals surface area contributed by atoms with Crippen LogP contribution in [0.15, 0.2) is 10.5 Å². The SMILES string of the molecule is NC1(c2c(F)cc(O)c(Br)c2F)CC1. The molecule has 0 heterocycles. The highest BCUT2D eigenvalue weighted by Gasteiger charge is 2.45. The summed E-state index contributed by atoms with van der Waals surface area (Å²) in [7, 11) is 0. The van der Waals surface area contributed by atoms with Crippen LogP contribution in [0.5, 0.6) is 5.75 Å². The molecule has 76 valence electrons. The smallest absolute Gasteiger partial charge is 0.149 e. The number of halogens is 3. The van der Waals surface area contributed by atoms with Gasteiger partial charge >= 0.3 is 0 Å². The van der Waals surface area contributed by atoms with Gasteiger partial charge in [0.15, 0.2) is 0 Å². The van der Waals surface area contributed by atoms with E-state index in [1.54, 1.807) is 0 Å². The van der Waals surface area contributed by atoms with Gasteiger partial charge in [-0.3, -0.25) is 0 Å². The third-order valence-corrected chi connectivity index (χ3v) is 3.18. The normalized spacial score (nSPS) is 18.3. The zero-order valence-corrected chi connectivity index (χ0v) is 8.74. The average molecular weight is 264 g/mol. The van der Waals surface area contributed by atoms with Crippen molar-refractivity contribution in [1.29, 1.82) is 0 Å². The molecule has 2 rings (SSSR count).